The molecule has 4 nitrogen and oxygen atoms in total. The Balaban J connectivity index is 1.96. The number of benzene rings is 1. The van der Waals surface area contributed by atoms with Gasteiger partial charge in [0, 0.05) is 19.1 Å². The van der Waals surface area contributed by atoms with Crippen molar-refractivity contribution in [1.82, 2.24) is 4.90 Å². The highest BCUT2D eigenvalue weighted by atomic mass is 16.3. The second-order valence-electron chi connectivity index (χ2n) is 4.70. The third-order valence-electron chi connectivity index (χ3n) is 3.28. The zero-order valence-corrected chi connectivity index (χ0v) is 10.3. The molecule has 0 aromatic heterocycles. The van der Waals surface area contributed by atoms with Crippen LogP contribution < -0.4 is 0 Å². The van der Waals surface area contributed by atoms with Crippen LogP contribution in [0.2, 0.25) is 0 Å². The van der Waals surface area contributed by atoms with Gasteiger partial charge in [-0.15, -0.1) is 0 Å². The molecule has 0 radical (unpaired) electrons. The Hall–Kier alpha value is -1.41. The lowest BCUT2D eigenvalue weighted by molar-refractivity contribution is 0.0952. The molecule has 0 aliphatic heterocycles. The van der Waals surface area contributed by atoms with Crippen molar-refractivity contribution in [2.75, 3.05) is 19.7 Å². The lowest BCUT2D eigenvalue weighted by atomic mass is 10.1. The highest BCUT2D eigenvalue weighted by molar-refractivity contribution is 5.32. The van der Waals surface area contributed by atoms with Crippen LogP contribution in [-0.2, 0) is 0 Å². The van der Waals surface area contributed by atoms with Crippen LogP contribution in [0.4, 0.5) is 0 Å². The van der Waals surface area contributed by atoms with E-state index in [1.54, 1.807) is 24.3 Å². The summed E-state index contributed by atoms with van der Waals surface area (Å²) in [5.74, 6) is 0. The van der Waals surface area contributed by atoms with Crippen LogP contribution in [0.1, 0.15) is 30.1 Å². The van der Waals surface area contributed by atoms with Crippen molar-refractivity contribution in [3.63, 3.8) is 0 Å². The fourth-order valence-electron chi connectivity index (χ4n) is 2.10. The summed E-state index contributed by atoms with van der Waals surface area (Å²) in [5, 5.41) is 27.9. The van der Waals surface area contributed by atoms with Gasteiger partial charge in [-0.25, -0.2) is 0 Å². The van der Waals surface area contributed by atoms with E-state index in [1.807, 2.05) is 0 Å². The SMILES string of the molecule is N#Cc1ccc(C(O)CN(CCO)C2CC2)cc1. The van der Waals surface area contributed by atoms with Crippen molar-refractivity contribution in [3.8, 4) is 6.07 Å². The van der Waals surface area contributed by atoms with E-state index in [9.17, 15) is 5.11 Å². The first kappa shape index (κ1) is 13.0. The van der Waals surface area contributed by atoms with Gasteiger partial charge >= 0.3 is 0 Å². The standard InChI is InChI=1S/C14H18N2O2/c15-9-11-1-3-12(4-2-11)14(18)10-16(7-8-17)13-5-6-13/h1-4,13-14,17-18H,5-8,10H2. The molecular weight excluding hydrogens is 228 g/mol. The minimum absolute atomic E-state index is 0.122. The van der Waals surface area contributed by atoms with Gasteiger partial charge < -0.3 is 10.2 Å². The Morgan fingerprint density at radius 3 is 2.50 bits per heavy atom. The quantitative estimate of drug-likeness (QED) is 0.787. The molecule has 0 bridgehead atoms. The predicted molar refractivity (Wildman–Crippen MR) is 67.8 cm³/mol. The normalized spacial score (nSPS) is 16.6. The van der Waals surface area contributed by atoms with Gasteiger partial charge in [0.2, 0.25) is 0 Å². The second-order valence-corrected chi connectivity index (χ2v) is 4.70. The fourth-order valence-corrected chi connectivity index (χ4v) is 2.10. The van der Waals surface area contributed by atoms with Gasteiger partial charge in [-0.05, 0) is 30.5 Å². The van der Waals surface area contributed by atoms with E-state index >= 15 is 0 Å². The maximum Gasteiger partial charge on any atom is 0.0991 e. The number of hydrogen-bond donors (Lipinski definition) is 2. The molecule has 0 heterocycles. The van der Waals surface area contributed by atoms with Gasteiger partial charge in [-0.3, -0.25) is 4.90 Å². The van der Waals surface area contributed by atoms with Crippen LogP contribution in [0.3, 0.4) is 0 Å². The van der Waals surface area contributed by atoms with Gasteiger partial charge in [-0.1, -0.05) is 12.1 Å². The highest BCUT2D eigenvalue weighted by Crippen LogP contribution is 2.28. The van der Waals surface area contributed by atoms with Gasteiger partial charge in [0.1, 0.15) is 0 Å². The lowest BCUT2D eigenvalue weighted by Gasteiger charge is -2.24. The molecule has 1 aromatic carbocycles. The average Bonchev–Trinajstić information content (AvgIpc) is 3.22. The smallest absolute Gasteiger partial charge is 0.0991 e. The van der Waals surface area contributed by atoms with Crippen LogP contribution in [0.25, 0.3) is 0 Å². The molecule has 0 saturated heterocycles. The van der Waals surface area contributed by atoms with Gasteiger partial charge in [0.25, 0.3) is 0 Å². The van der Waals surface area contributed by atoms with Crippen molar-refractivity contribution >= 4 is 0 Å². The molecule has 1 saturated carbocycles. The Labute approximate surface area is 107 Å². The second kappa shape index (κ2) is 5.96. The first-order valence-electron chi connectivity index (χ1n) is 6.27. The monoisotopic (exact) mass is 246 g/mol. The first-order valence-corrected chi connectivity index (χ1v) is 6.27. The summed E-state index contributed by atoms with van der Waals surface area (Å²) in [4.78, 5) is 2.13. The number of rotatable bonds is 6. The van der Waals surface area contributed by atoms with E-state index in [0.29, 0.717) is 24.7 Å². The third kappa shape index (κ3) is 3.30. The van der Waals surface area contributed by atoms with E-state index in [-0.39, 0.29) is 6.61 Å². The zero-order chi connectivity index (χ0) is 13.0. The lowest BCUT2D eigenvalue weighted by Crippen LogP contribution is -2.33. The molecule has 96 valence electrons. The Kier molecular flexibility index (Phi) is 4.32. The fraction of sp³-hybridized carbons (Fsp3) is 0.500. The molecule has 2 rings (SSSR count). The summed E-state index contributed by atoms with van der Waals surface area (Å²) in [6, 6.07) is 9.57. The van der Waals surface area contributed by atoms with Crippen LogP contribution in [0.15, 0.2) is 24.3 Å². The summed E-state index contributed by atoms with van der Waals surface area (Å²) in [5.41, 5.74) is 1.41. The molecule has 1 unspecified atom stereocenters. The van der Waals surface area contributed by atoms with E-state index in [4.69, 9.17) is 10.4 Å². The van der Waals surface area contributed by atoms with Crippen molar-refractivity contribution in [1.29, 1.82) is 5.26 Å². The number of nitrogens with zero attached hydrogens (tertiary/aromatic N) is 2. The summed E-state index contributed by atoms with van der Waals surface area (Å²) in [7, 11) is 0. The summed E-state index contributed by atoms with van der Waals surface area (Å²) in [6.45, 7) is 1.27. The van der Waals surface area contributed by atoms with Crippen LogP contribution in [-0.4, -0.2) is 40.9 Å². The Morgan fingerprint density at radius 1 is 1.33 bits per heavy atom. The maximum absolute atomic E-state index is 10.2. The van der Waals surface area contributed by atoms with Crippen LogP contribution in [0, 0.1) is 11.3 Å². The molecule has 1 fully saturated rings. The highest BCUT2D eigenvalue weighted by Gasteiger charge is 2.29. The molecule has 18 heavy (non-hydrogen) atoms. The molecule has 1 aromatic rings. The van der Waals surface area contributed by atoms with Gasteiger partial charge in [0.05, 0.1) is 24.3 Å². The average molecular weight is 246 g/mol. The van der Waals surface area contributed by atoms with E-state index in [1.165, 1.54) is 0 Å². The Bertz CT molecular complexity index is 420. The van der Waals surface area contributed by atoms with Crippen molar-refractivity contribution < 1.29 is 10.2 Å². The maximum atomic E-state index is 10.2. The van der Waals surface area contributed by atoms with E-state index in [2.05, 4.69) is 11.0 Å². The van der Waals surface area contributed by atoms with E-state index in [0.717, 1.165) is 18.4 Å². The summed E-state index contributed by atoms with van der Waals surface area (Å²) >= 11 is 0. The molecular formula is C14H18N2O2. The molecule has 2 N–H and O–H groups in total. The van der Waals surface area contributed by atoms with Crippen molar-refractivity contribution in [2.45, 2.75) is 25.0 Å². The molecule has 0 spiro atoms. The number of aliphatic hydroxyl groups excluding tert-OH is 2. The summed E-state index contributed by atoms with van der Waals surface area (Å²) in [6.07, 6.45) is 1.74. The van der Waals surface area contributed by atoms with Crippen LogP contribution in [0.5, 0.6) is 0 Å². The minimum atomic E-state index is -0.565. The van der Waals surface area contributed by atoms with Crippen LogP contribution >= 0.6 is 0 Å². The Morgan fingerprint density at radius 2 is 2.00 bits per heavy atom. The first-order chi connectivity index (χ1) is 8.74. The van der Waals surface area contributed by atoms with Crippen molar-refractivity contribution in [3.05, 3.63) is 35.4 Å². The van der Waals surface area contributed by atoms with Crippen molar-refractivity contribution in [2.24, 2.45) is 0 Å². The van der Waals surface area contributed by atoms with Gasteiger partial charge in [-0.2, -0.15) is 5.26 Å². The number of hydrogen-bond acceptors (Lipinski definition) is 4. The molecule has 1 atom stereocenters. The molecule has 0 amide bonds. The topological polar surface area (TPSA) is 67.5 Å². The van der Waals surface area contributed by atoms with E-state index < -0.39 is 6.10 Å². The predicted octanol–water partition coefficient (Wildman–Crippen LogP) is 1.05. The molecule has 1 aliphatic rings. The number of nitriles is 1. The molecule has 1 aliphatic carbocycles. The largest absolute Gasteiger partial charge is 0.395 e. The molecule has 4 heteroatoms. The minimum Gasteiger partial charge on any atom is -0.395 e. The summed E-state index contributed by atoms with van der Waals surface area (Å²) < 4.78 is 0. The third-order valence-corrected chi connectivity index (χ3v) is 3.28. The number of aliphatic hydroxyl groups is 2. The zero-order valence-electron chi connectivity index (χ0n) is 10.3. The van der Waals surface area contributed by atoms with Gasteiger partial charge in [0.15, 0.2) is 0 Å².